The lowest BCUT2D eigenvalue weighted by atomic mass is 10.3. The van der Waals surface area contributed by atoms with Crippen LogP contribution in [-0.4, -0.2) is 73.4 Å². The molecule has 0 aromatic rings. The molecule has 0 spiro atoms. The number of nitrogens with one attached hydrogen (secondary N) is 1. The van der Waals surface area contributed by atoms with Crippen molar-refractivity contribution in [3.05, 3.63) is 0 Å². The zero-order valence-corrected chi connectivity index (χ0v) is 12.2. The highest BCUT2D eigenvalue weighted by Gasteiger charge is 2.08. The SMILES string of the molecule is CCN(CC)CC(O)CNCCN(C)C(C)C. The van der Waals surface area contributed by atoms with Crippen LogP contribution in [0.1, 0.15) is 27.7 Å². The van der Waals surface area contributed by atoms with Gasteiger partial charge >= 0.3 is 0 Å². The van der Waals surface area contributed by atoms with E-state index in [1.807, 2.05) is 0 Å². The number of likely N-dealkylation sites (N-methyl/N-ethyl adjacent to an activating group) is 2. The Morgan fingerprint density at radius 1 is 1.18 bits per heavy atom. The van der Waals surface area contributed by atoms with Gasteiger partial charge in [-0.25, -0.2) is 0 Å². The van der Waals surface area contributed by atoms with Crippen LogP contribution in [0, 0.1) is 0 Å². The molecule has 0 aliphatic heterocycles. The van der Waals surface area contributed by atoms with Crippen LogP contribution in [0.5, 0.6) is 0 Å². The van der Waals surface area contributed by atoms with Crippen LogP contribution in [0.15, 0.2) is 0 Å². The van der Waals surface area contributed by atoms with E-state index in [1.165, 1.54) is 0 Å². The van der Waals surface area contributed by atoms with E-state index in [1.54, 1.807) is 0 Å². The van der Waals surface area contributed by atoms with Crippen LogP contribution in [0.25, 0.3) is 0 Å². The summed E-state index contributed by atoms with van der Waals surface area (Å²) in [6.45, 7) is 14.0. The molecule has 0 aromatic heterocycles. The summed E-state index contributed by atoms with van der Waals surface area (Å²) in [6, 6.07) is 0.581. The number of hydrogen-bond acceptors (Lipinski definition) is 4. The molecule has 1 atom stereocenters. The molecule has 0 bridgehead atoms. The molecule has 1 unspecified atom stereocenters. The molecule has 0 saturated heterocycles. The highest BCUT2D eigenvalue weighted by atomic mass is 16.3. The molecule has 0 radical (unpaired) electrons. The zero-order valence-electron chi connectivity index (χ0n) is 12.2. The molecule has 2 N–H and O–H groups in total. The summed E-state index contributed by atoms with van der Waals surface area (Å²) < 4.78 is 0. The average Bonchev–Trinajstić information content (AvgIpc) is 2.31. The van der Waals surface area contributed by atoms with Gasteiger partial charge in [-0.2, -0.15) is 0 Å². The third-order valence-electron chi connectivity index (χ3n) is 3.27. The standard InChI is InChI=1S/C13H31N3O/c1-6-16(7-2)11-13(17)10-14-8-9-15(5)12(3)4/h12-14,17H,6-11H2,1-5H3. The number of rotatable bonds is 10. The van der Waals surface area contributed by atoms with Crippen LogP contribution in [-0.2, 0) is 0 Å². The van der Waals surface area contributed by atoms with Crippen molar-refractivity contribution < 1.29 is 5.11 Å². The van der Waals surface area contributed by atoms with Gasteiger partial charge in [-0.15, -0.1) is 0 Å². The Labute approximate surface area is 107 Å². The number of aliphatic hydroxyl groups is 1. The summed E-state index contributed by atoms with van der Waals surface area (Å²) in [5, 5.41) is 13.1. The predicted molar refractivity (Wildman–Crippen MR) is 74.4 cm³/mol. The van der Waals surface area contributed by atoms with Gasteiger partial charge in [-0.1, -0.05) is 13.8 Å². The van der Waals surface area contributed by atoms with Crippen LogP contribution < -0.4 is 5.32 Å². The van der Waals surface area contributed by atoms with E-state index in [2.05, 4.69) is 49.9 Å². The maximum absolute atomic E-state index is 9.84. The van der Waals surface area contributed by atoms with Crippen LogP contribution in [0.3, 0.4) is 0 Å². The number of aliphatic hydroxyl groups excluding tert-OH is 1. The second-order valence-corrected chi connectivity index (χ2v) is 4.92. The summed E-state index contributed by atoms with van der Waals surface area (Å²) in [5.41, 5.74) is 0. The van der Waals surface area contributed by atoms with Crippen molar-refractivity contribution in [2.45, 2.75) is 39.8 Å². The Balaban J connectivity index is 3.54. The van der Waals surface area contributed by atoms with Crippen molar-refractivity contribution in [1.29, 1.82) is 0 Å². The Morgan fingerprint density at radius 3 is 2.24 bits per heavy atom. The lowest BCUT2D eigenvalue weighted by Gasteiger charge is -2.23. The second kappa shape index (κ2) is 9.83. The fourth-order valence-electron chi connectivity index (χ4n) is 1.63. The van der Waals surface area contributed by atoms with Crippen LogP contribution in [0.4, 0.5) is 0 Å². The molecule has 4 heteroatoms. The van der Waals surface area contributed by atoms with E-state index < -0.39 is 0 Å². The zero-order chi connectivity index (χ0) is 13.3. The minimum absolute atomic E-state index is 0.265. The van der Waals surface area contributed by atoms with Crippen LogP contribution >= 0.6 is 0 Å². The lowest BCUT2D eigenvalue weighted by Crippen LogP contribution is -2.40. The minimum Gasteiger partial charge on any atom is -0.390 e. The topological polar surface area (TPSA) is 38.7 Å². The van der Waals surface area contributed by atoms with E-state index in [0.29, 0.717) is 12.6 Å². The molecule has 0 aromatic carbocycles. The fourth-order valence-corrected chi connectivity index (χ4v) is 1.63. The smallest absolute Gasteiger partial charge is 0.0791 e. The first-order valence-electron chi connectivity index (χ1n) is 6.82. The fraction of sp³-hybridized carbons (Fsp3) is 1.00. The maximum Gasteiger partial charge on any atom is 0.0791 e. The molecular formula is C13H31N3O. The highest BCUT2D eigenvalue weighted by molar-refractivity contribution is 4.66. The molecule has 0 aliphatic carbocycles. The van der Waals surface area contributed by atoms with Crippen LogP contribution in [0.2, 0.25) is 0 Å². The normalized spacial score (nSPS) is 13.9. The van der Waals surface area contributed by atoms with Gasteiger partial charge in [0.15, 0.2) is 0 Å². The van der Waals surface area contributed by atoms with Crippen molar-refractivity contribution >= 4 is 0 Å². The maximum atomic E-state index is 9.84. The third kappa shape index (κ3) is 8.55. The van der Waals surface area contributed by atoms with Gasteiger partial charge in [0.05, 0.1) is 6.10 Å². The van der Waals surface area contributed by atoms with Gasteiger partial charge < -0.3 is 20.2 Å². The van der Waals surface area contributed by atoms with Crippen molar-refractivity contribution in [1.82, 2.24) is 15.1 Å². The Morgan fingerprint density at radius 2 is 1.76 bits per heavy atom. The molecule has 4 nitrogen and oxygen atoms in total. The van der Waals surface area contributed by atoms with E-state index in [-0.39, 0.29) is 6.10 Å². The summed E-state index contributed by atoms with van der Waals surface area (Å²) in [6.07, 6.45) is -0.265. The molecule has 17 heavy (non-hydrogen) atoms. The minimum atomic E-state index is -0.265. The summed E-state index contributed by atoms with van der Waals surface area (Å²) in [4.78, 5) is 4.54. The highest BCUT2D eigenvalue weighted by Crippen LogP contribution is 1.92. The Kier molecular flexibility index (Phi) is 9.74. The Hall–Kier alpha value is -0.160. The van der Waals surface area contributed by atoms with E-state index >= 15 is 0 Å². The predicted octanol–water partition coefficient (Wildman–Crippen LogP) is 0.619. The molecule has 0 fully saturated rings. The first kappa shape index (κ1) is 16.8. The van der Waals surface area contributed by atoms with Gasteiger partial charge in [-0.3, -0.25) is 0 Å². The Bertz CT molecular complexity index is 172. The molecule has 104 valence electrons. The molecule has 0 rings (SSSR count). The first-order chi connectivity index (χ1) is 8.01. The van der Waals surface area contributed by atoms with E-state index in [4.69, 9.17) is 0 Å². The van der Waals surface area contributed by atoms with Gasteiger partial charge in [0, 0.05) is 32.2 Å². The summed E-state index contributed by atoms with van der Waals surface area (Å²) in [7, 11) is 2.12. The first-order valence-corrected chi connectivity index (χ1v) is 6.82. The van der Waals surface area contributed by atoms with Gasteiger partial charge in [-0.05, 0) is 34.0 Å². The van der Waals surface area contributed by atoms with Crippen molar-refractivity contribution in [2.75, 3.05) is 46.3 Å². The van der Waals surface area contributed by atoms with Gasteiger partial charge in [0.25, 0.3) is 0 Å². The molecule has 0 amide bonds. The van der Waals surface area contributed by atoms with Crippen molar-refractivity contribution in [3.8, 4) is 0 Å². The second-order valence-electron chi connectivity index (χ2n) is 4.92. The lowest BCUT2D eigenvalue weighted by molar-refractivity contribution is 0.116. The molecule has 0 heterocycles. The summed E-state index contributed by atoms with van der Waals surface area (Å²) in [5.74, 6) is 0. The monoisotopic (exact) mass is 245 g/mol. The quantitative estimate of drug-likeness (QED) is 0.554. The molecule has 0 saturated carbocycles. The third-order valence-corrected chi connectivity index (χ3v) is 3.27. The van der Waals surface area contributed by atoms with Crippen molar-refractivity contribution in [3.63, 3.8) is 0 Å². The number of nitrogens with zero attached hydrogens (tertiary/aromatic N) is 2. The number of hydrogen-bond donors (Lipinski definition) is 2. The largest absolute Gasteiger partial charge is 0.390 e. The van der Waals surface area contributed by atoms with Gasteiger partial charge in [0.2, 0.25) is 0 Å². The van der Waals surface area contributed by atoms with E-state index in [9.17, 15) is 5.11 Å². The molecule has 0 aliphatic rings. The van der Waals surface area contributed by atoms with Gasteiger partial charge in [0.1, 0.15) is 0 Å². The molecular weight excluding hydrogens is 214 g/mol. The average molecular weight is 245 g/mol. The van der Waals surface area contributed by atoms with Crippen molar-refractivity contribution in [2.24, 2.45) is 0 Å². The van der Waals surface area contributed by atoms with E-state index in [0.717, 1.165) is 32.7 Å². The summed E-state index contributed by atoms with van der Waals surface area (Å²) >= 11 is 0.